The molecule has 2 N–H and O–H groups in total. The molecular weight excluding hydrogens is 226 g/mol. The summed E-state index contributed by atoms with van der Waals surface area (Å²) in [5.74, 6) is 0.668. The van der Waals surface area contributed by atoms with Crippen molar-refractivity contribution < 1.29 is 4.74 Å². The van der Waals surface area contributed by atoms with Crippen LogP contribution in [-0.2, 0) is 17.8 Å². The predicted molar refractivity (Wildman–Crippen MR) is 72.0 cm³/mol. The van der Waals surface area contributed by atoms with Gasteiger partial charge >= 0.3 is 0 Å². The highest BCUT2D eigenvalue weighted by atomic mass is 16.5. The Morgan fingerprint density at radius 1 is 1.56 bits per heavy atom. The maximum absolute atomic E-state index is 5.71. The van der Waals surface area contributed by atoms with Crippen molar-refractivity contribution >= 4 is 0 Å². The molecular formula is C14H23N3O. The third kappa shape index (κ3) is 3.77. The van der Waals surface area contributed by atoms with E-state index in [1.165, 1.54) is 18.4 Å². The van der Waals surface area contributed by atoms with E-state index in [2.05, 4.69) is 23.0 Å². The molecule has 1 fully saturated rings. The highest BCUT2D eigenvalue weighted by Crippen LogP contribution is 2.16. The summed E-state index contributed by atoms with van der Waals surface area (Å²) in [4.78, 5) is 6.66. The molecule has 0 radical (unpaired) electrons. The molecule has 1 aromatic rings. The summed E-state index contributed by atoms with van der Waals surface area (Å²) >= 11 is 0. The maximum Gasteiger partial charge on any atom is 0.0584 e. The second-order valence-corrected chi connectivity index (χ2v) is 5.09. The van der Waals surface area contributed by atoms with Crippen molar-refractivity contribution in [3.63, 3.8) is 0 Å². The van der Waals surface area contributed by atoms with Gasteiger partial charge in [-0.05, 0) is 37.4 Å². The lowest BCUT2D eigenvalue weighted by Gasteiger charge is -2.27. The van der Waals surface area contributed by atoms with E-state index in [-0.39, 0.29) is 0 Å². The molecule has 4 nitrogen and oxygen atoms in total. The standard InChI is InChI=1S/C14H23N3O/c1-17(9-12-4-3-7-18-11-12)10-13-5-2-6-16-14(13)8-15/h2,5-6,12H,3-4,7-11,15H2,1H3. The highest BCUT2D eigenvalue weighted by Gasteiger charge is 2.16. The van der Waals surface area contributed by atoms with Gasteiger partial charge in [-0.15, -0.1) is 0 Å². The van der Waals surface area contributed by atoms with E-state index in [1.807, 2.05) is 6.07 Å². The van der Waals surface area contributed by atoms with Crippen LogP contribution in [0.5, 0.6) is 0 Å². The number of hydrogen-bond acceptors (Lipinski definition) is 4. The van der Waals surface area contributed by atoms with Gasteiger partial charge in [0, 0.05) is 32.4 Å². The lowest BCUT2D eigenvalue weighted by molar-refractivity contribution is 0.0411. The van der Waals surface area contributed by atoms with Crippen molar-refractivity contribution in [2.75, 3.05) is 26.8 Å². The summed E-state index contributed by atoms with van der Waals surface area (Å²) in [6.07, 6.45) is 4.28. The minimum atomic E-state index is 0.510. The lowest BCUT2D eigenvalue weighted by Crippen LogP contribution is -2.31. The summed E-state index contributed by atoms with van der Waals surface area (Å²) in [7, 11) is 2.15. The number of rotatable bonds is 5. The zero-order valence-electron chi connectivity index (χ0n) is 11.1. The van der Waals surface area contributed by atoms with Gasteiger partial charge in [0.25, 0.3) is 0 Å². The average Bonchev–Trinajstić information content (AvgIpc) is 2.40. The Hall–Kier alpha value is -0.970. The number of hydrogen-bond donors (Lipinski definition) is 1. The Kier molecular flexibility index (Phi) is 5.11. The Morgan fingerprint density at radius 2 is 2.44 bits per heavy atom. The van der Waals surface area contributed by atoms with E-state index in [9.17, 15) is 0 Å². The number of ether oxygens (including phenoxy) is 1. The van der Waals surface area contributed by atoms with Gasteiger partial charge in [-0.2, -0.15) is 0 Å². The van der Waals surface area contributed by atoms with E-state index in [4.69, 9.17) is 10.5 Å². The maximum atomic E-state index is 5.71. The summed E-state index contributed by atoms with van der Waals surface area (Å²) in [6, 6.07) is 4.09. The van der Waals surface area contributed by atoms with E-state index in [1.54, 1.807) is 6.20 Å². The number of nitrogens with two attached hydrogens (primary N) is 1. The number of nitrogens with zero attached hydrogens (tertiary/aromatic N) is 2. The van der Waals surface area contributed by atoms with Crippen molar-refractivity contribution in [3.8, 4) is 0 Å². The summed E-state index contributed by atoms with van der Waals surface area (Å²) in [5, 5.41) is 0. The highest BCUT2D eigenvalue weighted by molar-refractivity contribution is 5.19. The number of pyridine rings is 1. The molecule has 0 spiro atoms. The van der Waals surface area contributed by atoms with Crippen LogP contribution in [0.3, 0.4) is 0 Å². The fourth-order valence-electron chi connectivity index (χ4n) is 2.55. The zero-order valence-corrected chi connectivity index (χ0v) is 11.1. The summed E-state index contributed by atoms with van der Waals surface area (Å²) in [5.41, 5.74) is 7.95. The quantitative estimate of drug-likeness (QED) is 0.857. The molecule has 18 heavy (non-hydrogen) atoms. The van der Waals surface area contributed by atoms with Crippen LogP contribution in [0.2, 0.25) is 0 Å². The first-order valence-electron chi connectivity index (χ1n) is 6.68. The molecule has 2 rings (SSSR count). The average molecular weight is 249 g/mol. The van der Waals surface area contributed by atoms with Crippen molar-refractivity contribution in [2.24, 2.45) is 11.7 Å². The first kappa shape index (κ1) is 13.5. The molecule has 1 aliphatic rings. The monoisotopic (exact) mass is 249 g/mol. The second-order valence-electron chi connectivity index (χ2n) is 5.09. The molecule has 0 aromatic carbocycles. The Balaban J connectivity index is 1.87. The molecule has 1 saturated heterocycles. The normalized spacial score (nSPS) is 20.3. The summed E-state index contributed by atoms with van der Waals surface area (Å²) < 4.78 is 5.52. The number of aromatic nitrogens is 1. The van der Waals surface area contributed by atoms with Gasteiger partial charge in [-0.25, -0.2) is 0 Å². The second kappa shape index (κ2) is 6.83. The van der Waals surface area contributed by atoms with Crippen molar-refractivity contribution in [2.45, 2.75) is 25.9 Å². The largest absolute Gasteiger partial charge is 0.381 e. The van der Waals surface area contributed by atoms with Crippen molar-refractivity contribution in [1.82, 2.24) is 9.88 Å². The topological polar surface area (TPSA) is 51.4 Å². The van der Waals surface area contributed by atoms with Crippen LogP contribution in [0.4, 0.5) is 0 Å². The van der Waals surface area contributed by atoms with Gasteiger partial charge in [0.15, 0.2) is 0 Å². The van der Waals surface area contributed by atoms with Crippen LogP contribution < -0.4 is 5.73 Å². The third-order valence-corrected chi connectivity index (χ3v) is 3.44. The van der Waals surface area contributed by atoms with Crippen LogP contribution in [0.15, 0.2) is 18.3 Å². The fourth-order valence-corrected chi connectivity index (χ4v) is 2.55. The SMILES string of the molecule is CN(Cc1cccnc1CN)CC1CCCOC1. The first-order valence-corrected chi connectivity index (χ1v) is 6.68. The molecule has 0 saturated carbocycles. The first-order chi connectivity index (χ1) is 8.79. The minimum Gasteiger partial charge on any atom is -0.381 e. The van der Waals surface area contributed by atoms with Crippen LogP contribution >= 0.6 is 0 Å². The van der Waals surface area contributed by atoms with Gasteiger partial charge < -0.3 is 15.4 Å². The summed E-state index contributed by atoms with van der Waals surface area (Å²) in [6.45, 7) is 4.34. The Labute approximate surface area is 109 Å². The third-order valence-electron chi connectivity index (χ3n) is 3.44. The molecule has 0 aliphatic carbocycles. The molecule has 0 bridgehead atoms. The minimum absolute atomic E-state index is 0.510. The molecule has 2 heterocycles. The van der Waals surface area contributed by atoms with Gasteiger partial charge in [0.1, 0.15) is 0 Å². The van der Waals surface area contributed by atoms with Crippen LogP contribution in [-0.4, -0.2) is 36.7 Å². The van der Waals surface area contributed by atoms with E-state index >= 15 is 0 Å². The van der Waals surface area contributed by atoms with Crippen molar-refractivity contribution in [1.29, 1.82) is 0 Å². The predicted octanol–water partition coefficient (Wildman–Crippen LogP) is 1.40. The fraction of sp³-hybridized carbons (Fsp3) is 0.643. The van der Waals surface area contributed by atoms with Gasteiger partial charge in [0.05, 0.1) is 12.3 Å². The van der Waals surface area contributed by atoms with Crippen LogP contribution in [0.1, 0.15) is 24.1 Å². The Bertz CT molecular complexity index is 364. The molecule has 4 heteroatoms. The smallest absolute Gasteiger partial charge is 0.0584 e. The molecule has 1 aliphatic heterocycles. The zero-order chi connectivity index (χ0) is 12.8. The van der Waals surface area contributed by atoms with E-state index < -0.39 is 0 Å². The molecule has 0 amide bonds. The van der Waals surface area contributed by atoms with Gasteiger partial charge in [-0.3, -0.25) is 4.98 Å². The van der Waals surface area contributed by atoms with Gasteiger partial charge in [0.2, 0.25) is 0 Å². The lowest BCUT2D eigenvalue weighted by atomic mass is 10.0. The molecule has 1 unspecified atom stereocenters. The van der Waals surface area contributed by atoms with E-state index in [0.29, 0.717) is 12.5 Å². The molecule has 100 valence electrons. The molecule has 1 atom stereocenters. The molecule has 1 aromatic heterocycles. The van der Waals surface area contributed by atoms with Crippen molar-refractivity contribution in [3.05, 3.63) is 29.6 Å². The van der Waals surface area contributed by atoms with Crippen LogP contribution in [0, 0.1) is 5.92 Å². The van der Waals surface area contributed by atoms with E-state index in [0.717, 1.165) is 32.0 Å². The van der Waals surface area contributed by atoms with Gasteiger partial charge in [-0.1, -0.05) is 6.07 Å². The van der Waals surface area contributed by atoms with Crippen LogP contribution in [0.25, 0.3) is 0 Å². The Morgan fingerprint density at radius 3 is 3.17 bits per heavy atom.